The van der Waals surface area contributed by atoms with E-state index in [0.717, 1.165) is 13.1 Å². The molecule has 2 amide bonds. The van der Waals surface area contributed by atoms with Crippen molar-refractivity contribution in [1.82, 2.24) is 10.2 Å². The Morgan fingerprint density at radius 1 is 1.13 bits per heavy atom. The summed E-state index contributed by atoms with van der Waals surface area (Å²) in [5.41, 5.74) is 1.24. The molecule has 0 atom stereocenters. The maximum Gasteiger partial charge on any atom is 0.265 e. The van der Waals surface area contributed by atoms with Crippen molar-refractivity contribution >= 4 is 41.2 Å². The van der Waals surface area contributed by atoms with Gasteiger partial charge in [0.2, 0.25) is 0 Å². The monoisotopic (exact) mass is 351 g/mol. The van der Waals surface area contributed by atoms with E-state index < -0.39 is 0 Å². The topological polar surface area (TPSA) is 61.4 Å². The highest BCUT2D eigenvalue weighted by molar-refractivity contribution is 7.12. The van der Waals surface area contributed by atoms with Gasteiger partial charge in [-0.05, 0) is 29.6 Å². The fraction of sp³-hybridized carbons (Fsp3) is 0.250. The number of hydrogen-bond acceptors (Lipinski definition) is 4. The van der Waals surface area contributed by atoms with Crippen LogP contribution in [0.3, 0.4) is 0 Å². The first-order valence-electron chi connectivity index (χ1n) is 7.19. The van der Waals surface area contributed by atoms with Gasteiger partial charge < -0.3 is 15.5 Å². The van der Waals surface area contributed by atoms with Crippen LogP contribution < -0.4 is 10.6 Å². The molecule has 2 aromatic rings. The molecule has 2 N–H and O–H groups in total. The summed E-state index contributed by atoms with van der Waals surface area (Å²) in [5.74, 6) is -0.143. The van der Waals surface area contributed by atoms with E-state index in [1.54, 1.807) is 30.3 Å². The van der Waals surface area contributed by atoms with Crippen LogP contribution in [0.1, 0.15) is 20.0 Å². The number of hydrogen-bond donors (Lipinski definition) is 2. The van der Waals surface area contributed by atoms with E-state index in [9.17, 15) is 9.59 Å². The highest BCUT2D eigenvalue weighted by atomic mass is 35.5. The smallest absolute Gasteiger partial charge is 0.265 e. The molecule has 7 heteroatoms. The first-order chi connectivity index (χ1) is 10.7. The summed E-state index contributed by atoms with van der Waals surface area (Å²) in [6, 6.07) is 10.7. The fourth-order valence-electron chi connectivity index (χ4n) is 2.38. The number of nitrogens with zero attached hydrogens (tertiary/aromatic N) is 1. The highest BCUT2D eigenvalue weighted by Crippen LogP contribution is 2.16. The number of rotatable bonds is 3. The summed E-state index contributed by atoms with van der Waals surface area (Å²) in [5, 5.41) is 7.92. The second kappa shape index (κ2) is 8.10. The summed E-state index contributed by atoms with van der Waals surface area (Å²) in [6.07, 6.45) is 0. The standard InChI is InChI=1S/C16H17N3O2S.ClH/c20-15(14-5-2-10-22-14)18-13-4-1-3-12(11-13)16(21)19-8-6-17-7-9-19;/h1-5,10-11,17H,6-9H2,(H,18,20);1H. The van der Waals surface area contributed by atoms with Gasteiger partial charge >= 0.3 is 0 Å². The molecule has 1 aromatic carbocycles. The Bertz CT molecular complexity index is 670. The molecule has 1 fully saturated rings. The van der Waals surface area contributed by atoms with Gasteiger partial charge in [0.05, 0.1) is 4.88 Å². The molecule has 0 saturated carbocycles. The highest BCUT2D eigenvalue weighted by Gasteiger charge is 2.18. The van der Waals surface area contributed by atoms with Gasteiger partial charge in [-0.25, -0.2) is 0 Å². The predicted octanol–water partition coefficient (Wildman–Crippen LogP) is 2.47. The Labute approximate surface area is 145 Å². The average Bonchev–Trinajstić information content (AvgIpc) is 3.10. The summed E-state index contributed by atoms with van der Waals surface area (Å²) in [4.78, 5) is 27.0. The third-order valence-electron chi connectivity index (χ3n) is 3.52. The lowest BCUT2D eigenvalue weighted by atomic mass is 10.1. The molecule has 5 nitrogen and oxygen atoms in total. The number of benzene rings is 1. The summed E-state index contributed by atoms with van der Waals surface area (Å²) < 4.78 is 0. The van der Waals surface area contributed by atoms with Crippen LogP contribution in [-0.4, -0.2) is 42.9 Å². The number of carbonyl (C=O) groups is 2. The van der Waals surface area contributed by atoms with Crippen molar-refractivity contribution in [2.75, 3.05) is 31.5 Å². The average molecular weight is 352 g/mol. The molecule has 1 saturated heterocycles. The zero-order valence-electron chi connectivity index (χ0n) is 12.5. The number of amides is 2. The van der Waals surface area contributed by atoms with Gasteiger partial charge in [-0.2, -0.15) is 0 Å². The molecule has 1 aliphatic heterocycles. The number of piperazine rings is 1. The quantitative estimate of drug-likeness (QED) is 0.893. The normalized spacial score (nSPS) is 14.0. The van der Waals surface area contributed by atoms with Crippen LogP contribution in [0.2, 0.25) is 0 Å². The van der Waals surface area contributed by atoms with Crippen LogP contribution in [0.25, 0.3) is 0 Å². The van der Waals surface area contributed by atoms with Gasteiger partial charge in [-0.3, -0.25) is 9.59 Å². The van der Waals surface area contributed by atoms with Crippen LogP contribution in [0, 0.1) is 0 Å². The molecular formula is C16H18ClN3O2S. The van der Waals surface area contributed by atoms with E-state index in [0.29, 0.717) is 29.2 Å². The van der Waals surface area contributed by atoms with Crippen LogP contribution in [0.5, 0.6) is 0 Å². The minimum Gasteiger partial charge on any atom is -0.336 e. The van der Waals surface area contributed by atoms with Gasteiger partial charge in [0, 0.05) is 37.4 Å². The van der Waals surface area contributed by atoms with Gasteiger partial charge in [0.25, 0.3) is 11.8 Å². The van der Waals surface area contributed by atoms with Gasteiger partial charge in [-0.1, -0.05) is 12.1 Å². The molecule has 1 aliphatic rings. The maximum absolute atomic E-state index is 12.5. The van der Waals surface area contributed by atoms with Crippen molar-refractivity contribution in [3.8, 4) is 0 Å². The van der Waals surface area contributed by atoms with Crippen molar-refractivity contribution in [3.63, 3.8) is 0 Å². The largest absolute Gasteiger partial charge is 0.336 e. The first kappa shape index (κ1) is 17.5. The molecule has 0 spiro atoms. The predicted molar refractivity (Wildman–Crippen MR) is 94.7 cm³/mol. The molecule has 3 rings (SSSR count). The van der Waals surface area contributed by atoms with E-state index in [1.165, 1.54) is 11.3 Å². The summed E-state index contributed by atoms with van der Waals surface area (Å²) >= 11 is 1.39. The molecule has 23 heavy (non-hydrogen) atoms. The molecule has 122 valence electrons. The molecule has 0 aliphatic carbocycles. The van der Waals surface area contributed by atoms with E-state index >= 15 is 0 Å². The fourth-order valence-corrected chi connectivity index (χ4v) is 3.00. The Kier molecular flexibility index (Phi) is 6.15. The number of carbonyl (C=O) groups excluding carboxylic acids is 2. The summed E-state index contributed by atoms with van der Waals surface area (Å²) in [7, 11) is 0. The SMILES string of the molecule is Cl.O=C(Nc1cccc(C(=O)N2CCNCC2)c1)c1cccs1. The Balaban J connectivity index is 0.00000192. The molecule has 2 heterocycles. The molecule has 0 unspecified atom stereocenters. The lowest BCUT2D eigenvalue weighted by Crippen LogP contribution is -2.46. The van der Waals surface area contributed by atoms with Crippen molar-refractivity contribution < 1.29 is 9.59 Å². The lowest BCUT2D eigenvalue weighted by molar-refractivity contribution is 0.0735. The van der Waals surface area contributed by atoms with Gasteiger partial charge in [0.1, 0.15) is 0 Å². The molecule has 0 radical (unpaired) electrons. The van der Waals surface area contributed by atoms with E-state index in [4.69, 9.17) is 0 Å². The first-order valence-corrected chi connectivity index (χ1v) is 8.07. The van der Waals surface area contributed by atoms with Crippen LogP contribution in [0.15, 0.2) is 41.8 Å². The Morgan fingerprint density at radius 2 is 1.91 bits per heavy atom. The van der Waals surface area contributed by atoms with E-state index in [1.807, 2.05) is 16.3 Å². The Hall–Kier alpha value is -1.89. The lowest BCUT2D eigenvalue weighted by Gasteiger charge is -2.27. The second-order valence-electron chi connectivity index (χ2n) is 5.05. The van der Waals surface area contributed by atoms with Crippen LogP contribution in [0.4, 0.5) is 5.69 Å². The molecule has 0 bridgehead atoms. The number of nitrogens with one attached hydrogen (secondary N) is 2. The number of anilines is 1. The van der Waals surface area contributed by atoms with Crippen molar-refractivity contribution in [2.45, 2.75) is 0 Å². The number of halogens is 1. The Morgan fingerprint density at radius 3 is 2.61 bits per heavy atom. The van der Waals surface area contributed by atoms with Gasteiger partial charge in [0.15, 0.2) is 0 Å². The van der Waals surface area contributed by atoms with Gasteiger partial charge in [-0.15, -0.1) is 23.7 Å². The van der Waals surface area contributed by atoms with Crippen molar-refractivity contribution in [2.24, 2.45) is 0 Å². The molecule has 1 aromatic heterocycles. The zero-order chi connectivity index (χ0) is 15.4. The summed E-state index contributed by atoms with van der Waals surface area (Å²) in [6.45, 7) is 3.07. The van der Waals surface area contributed by atoms with Crippen molar-refractivity contribution in [1.29, 1.82) is 0 Å². The minimum atomic E-state index is -0.151. The van der Waals surface area contributed by atoms with Crippen LogP contribution >= 0.6 is 23.7 Å². The van der Waals surface area contributed by atoms with E-state index in [2.05, 4.69) is 10.6 Å². The third-order valence-corrected chi connectivity index (χ3v) is 4.39. The third kappa shape index (κ3) is 4.31. The van der Waals surface area contributed by atoms with E-state index in [-0.39, 0.29) is 24.2 Å². The zero-order valence-corrected chi connectivity index (χ0v) is 14.1. The maximum atomic E-state index is 12.5. The van der Waals surface area contributed by atoms with Crippen molar-refractivity contribution in [3.05, 3.63) is 52.2 Å². The molecular weight excluding hydrogens is 334 g/mol. The number of thiophene rings is 1. The minimum absolute atomic E-state index is 0. The van der Waals surface area contributed by atoms with Crippen LogP contribution in [-0.2, 0) is 0 Å². The second-order valence-corrected chi connectivity index (χ2v) is 6.00.